The van der Waals surface area contributed by atoms with Crippen molar-refractivity contribution in [2.45, 2.75) is 57.7 Å². The molecule has 8 rings (SSSR count). The van der Waals surface area contributed by atoms with Crippen LogP contribution in [0.5, 0.6) is 11.5 Å². The molecule has 0 aliphatic carbocycles. The molecule has 2 aromatic carbocycles. The van der Waals surface area contributed by atoms with Crippen molar-refractivity contribution in [2.75, 3.05) is 57.2 Å². The molecule has 3 fully saturated rings. The number of methoxy groups -OCH3 is 2. The van der Waals surface area contributed by atoms with E-state index in [0.29, 0.717) is 24.2 Å². The zero-order chi connectivity index (χ0) is 34.7. The highest BCUT2D eigenvalue weighted by molar-refractivity contribution is 6.05. The molecule has 262 valence electrons. The number of imide groups is 1. The minimum atomic E-state index is -0.602. The molecule has 0 bridgehead atoms. The lowest BCUT2D eigenvalue weighted by molar-refractivity contribution is -0.136. The lowest BCUT2D eigenvalue weighted by Crippen LogP contribution is -2.60. The summed E-state index contributed by atoms with van der Waals surface area (Å²) in [7, 11) is 5.20. The number of nitrogens with zero attached hydrogens (tertiary/aromatic N) is 4. The molecule has 2 N–H and O–H groups in total. The average molecular weight is 681 g/mol. The molecule has 5 aliphatic heterocycles. The van der Waals surface area contributed by atoms with Gasteiger partial charge in [-0.3, -0.25) is 29.4 Å². The Morgan fingerprint density at radius 3 is 2.38 bits per heavy atom. The Kier molecular flexibility index (Phi) is 8.08. The van der Waals surface area contributed by atoms with E-state index in [0.717, 1.165) is 110 Å². The fraction of sp³-hybridized carbons (Fsp3) is 0.474. The van der Waals surface area contributed by atoms with E-state index in [-0.39, 0.29) is 35.1 Å². The number of pyridine rings is 1. The van der Waals surface area contributed by atoms with Gasteiger partial charge >= 0.3 is 0 Å². The van der Waals surface area contributed by atoms with Crippen LogP contribution >= 0.6 is 0 Å². The number of nitrogens with one attached hydrogen (secondary N) is 2. The van der Waals surface area contributed by atoms with Gasteiger partial charge in [-0.25, -0.2) is 0 Å². The number of piperidine rings is 2. The summed E-state index contributed by atoms with van der Waals surface area (Å²) in [5.41, 5.74) is 7.73. The van der Waals surface area contributed by atoms with Crippen LogP contribution in [0.1, 0.15) is 59.2 Å². The number of carbonyl (C=O) groups is 3. The molecule has 0 radical (unpaired) electrons. The first-order valence-corrected chi connectivity index (χ1v) is 17.6. The van der Waals surface area contributed by atoms with E-state index >= 15 is 0 Å². The van der Waals surface area contributed by atoms with Gasteiger partial charge in [-0.05, 0) is 92.2 Å². The highest BCUT2D eigenvalue weighted by atomic mass is 16.5. The lowest BCUT2D eigenvalue weighted by atomic mass is 9.71. The second kappa shape index (κ2) is 12.5. The number of hydrogen-bond donors (Lipinski definition) is 2. The molecule has 1 aromatic heterocycles. The maximum Gasteiger partial charge on any atom is 0.273 e. The van der Waals surface area contributed by atoms with Gasteiger partial charge in [0.05, 0.1) is 19.8 Å². The SMILES string of the molecule is COc1cc(-c2cn(C)c(=O)c3c2CCCN3)cc(OC)c1CN1CCC2(CC1)CN(c1ccc3c(c1)CN(C1CCC(=O)NC1=O)C3=O)C2. The molecule has 12 nitrogen and oxygen atoms in total. The van der Waals surface area contributed by atoms with Gasteiger partial charge in [-0.15, -0.1) is 0 Å². The van der Waals surface area contributed by atoms with Gasteiger partial charge in [0.25, 0.3) is 11.5 Å². The third kappa shape index (κ3) is 5.49. The van der Waals surface area contributed by atoms with Crippen molar-refractivity contribution in [1.29, 1.82) is 0 Å². The Morgan fingerprint density at radius 1 is 0.940 bits per heavy atom. The standard InChI is InChI=1S/C38H44N6O6/c1-41-19-28(27-5-4-12-39-34(27)37(41)48)23-16-31(49-2)29(32(17-23)50-3)20-42-13-10-38(11-14-42)21-43(22-38)25-6-7-26-24(15-25)18-44(36(26)47)30-8-9-33(45)40-35(30)46/h6-7,15-17,19,30,39H,4-5,8-14,18,20-22H2,1-3H3,(H,40,45,46). The molecule has 3 amide bonds. The van der Waals surface area contributed by atoms with Crippen LogP contribution in [-0.4, -0.2) is 85.1 Å². The fourth-order valence-corrected chi connectivity index (χ4v) is 8.66. The first kappa shape index (κ1) is 32.4. The summed E-state index contributed by atoms with van der Waals surface area (Å²) in [5.74, 6) is 0.766. The van der Waals surface area contributed by atoms with Crippen LogP contribution in [0.25, 0.3) is 11.1 Å². The van der Waals surface area contributed by atoms with E-state index in [4.69, 9.17) is 9.47 Å². The monoisotopic (exact) mass is 680 g/mol. The molecule has 0 saturated carbocycles. The normalized spacial score (nSPS) is 21.3. The number of likely N-dealkylation sites (tertiary alicyclic amines) is 1. The topological polar surface area (TPSA) is 125 Å². The van der Waals surface area contributed by atoms with Gasteiger partial charge in [0.1, 0.15) is 23.2 Å². The maximum atomic E-state index is 13.1. The number of benzene rings is 2. The highest BCUT2D eigenvalue weighted by Crippen LogP contribution is 2.45. The number of fused-ring (bicyclic) bond motifs is 2. The Balaban J connectivity index is 0.921. The molecule has 1 spiro atoms. The molecule has 3 saturated heterocycles. The average Bonchev–Trinajstić information content (AvgIpc) is 3.44. The third-order valence-electron chi connectivity index (χ3n) is 11.5. The van der Waals surface area contributed by atoms with E-state index in [1.165, 1.54) is 0 Å². The summed E-state index contributed by atoms with van der Waals surface area (Å²) >= 11 is 0. The Morgan fingerprint density at radius 2 is 1.68 bits per heavy atom. The minimum Gasteiger partial charge on any atom is -0.496 e. The molecule has 5 aliphatic rings. The number of amides is 3. The summed E-state index contributed by atoms with van der Waals surface area (Å²) in [4.78, 5) is 56.5. The van der Waals surface area contributed by atoms with Crippen LogP contribution in [0.4, 0.5) is 11.4 Å². The van der Waals surface area contributed by atoms with E-state index in [1.54, 1.807) is 30.7 Å². The van der Waals surface area contributed by atoms with Crippen molar-refractivity contribution in [3.05, 3.63) is 69.1 Å². The number of anilines is 2. The van der Waals surface area contributed by atoms with Gasteiger partial charge in [0, 0.05) is 74.6 Å². The largest absolute Gasteiger partial charge is 0.496 e. The quantitative estimate of drug-likeness (QED) is 0.362. The number of aromatic nitrogens is 1. The van der Waals surface area contributed by atoms with Crippen LogP contribution in [-0.2, 0) is 36.1 Å². The molecule has 1 unspecified atom stereocenters. The third-order valence-corrected chi connectivity index (χ3v) is 11.5. The Labute approximate surface area is 291 Å². The van der Waals surface area contributed by atoms with Gasteiger partial charge < -0.3 is 29.2 Å². The number of hydrogen-bond acceptors (Lipinski definition) is 9. The molecule has 3 aromatic rings. The van der Waals surface area contributed by atoms with Gasteiger partial charge in [0.15, 0.2) is 0 Å². The van der Waals surface area contributed by atoms with Crippen molar-refractivity contribution in [1.82, 2.24) is 19.7 Å². The Bertz CT molecular complexity index is 1930. The second-order valence-corrected chi connectivity index (χ2v) is 14.6. The van der Waals surface area contributed by atoms with Crippen LogP contribution in [0.2, 0.25) is 0 Å². The zero-order valence-corrected chi connectivity index (χ0v) is 29.0. The predicted octanol–water partition coefficient (Wildman–Crippen LogP) is 3.29. The van der Waals surface area contributed by atoms with Crippen LogP contribution < -0.4 is 30.6 Å². The minimum absolute atomic E-state index is 0.00130. The highest BCUT2D eigenvalue weighted by Gasteiger charge is 2.46. The van der Waals surface area contributed by atoms with E-state index in [9.17, 15) is 19.2 Å². The van der Waals surface area contributed by atoms with Crippen LogP contribution in [0, 0.1) is 5.41 Å². The number of aryl methyl sites for hydroxylation is 1. The second-order valence-electron chi connectivity index (χ2n) is 14.6. The number of ether oxygens (including phenoxy) is 2. The molecular weight excluding hydrogens is 636 g/mol. The van der Waals surface area contributed by atoms with Gasteiger partial charge in [-0.2, -0.15) is 0 Å². The number of carbonyl (C=O) groups excluding carboxylic acids is 3. The molecule has 50 heavy (non-hydrogen) atoms. The van der Waals surface area contributed by atoms with Crippen molar-refractivity contribution in [3.8, 4) is 22.6 Å². The number of rotatable bonds is 7. The first-order chi connectivity index (χ1) is 24.2. The summed E-state index contributed by atoms with van der Waals surface area (Å²) < 4.78 is 13.6. The maximum absolute atomic E-state index is 13.1. The predicted molar refractivity (Wildman–Crippen MR) is 189 cm³/mol. The van der Waals surface area contributed by atoms with Crippen LogP contribution in [0.15, 0.2) is 41.3 Å². The van der Waals surface area contributed by atoms with Crippen molar-refractivity contribution in [2.24, 2.45) is 12.5 Å². The Hall–Kier alpha value is -4.84. The zero-order valence-electron chi connectivity index (χ0n) is 29.0. The summed E-state index contributed by atoms with van der Waals surface area (Å²) in [6.07, 6.45) is 6.55. The summed E-state index contributed by atoms with van der Waals surface area (Å²) in [5, 5.41) is 5.69. The summed E-state index contributed by atoms with van der Waals surface area (Å²) in [6.45, 7) is 5.82. The van der Waals surface area contributed by atoms with Gasteiger partial charge in [0.2, 0.25) is 11.8 Å². The van der Waals surface area contributed by atoms with Crippen molar-refractivity contribution < 1.29 is 23.9 Å². The van der Waals surface area contributed by atoms with E-state index in [2.05, 4.69) is 38.6 Å². The van der Waals surface area contributed by atoms with Gasteiger partial charge in [-0.1, -0.05) is 0 Å². The van der Waals surface area contributed by atoms with Crippen molar-refractivity contribution >= 4 is 29.1 Å². The molecular formula is C38H44N6O6. The van der Waals surface area contributed by atoms with E-state index in [1.807, 2.05) is 18.3 Å². The molecule has 12 heteroatoms. The first-order valence-electron chi connectivity index (χ1n) is 17.6. The van der Waals surface area contributed by atoms with Crippen molar-refractivity contribution in [3.63, 3.8) is 0 Å². The fourth-order valence-electron chi connectivity index (χ4n) is 8.66. The summed E-state index contributed by atoms with van der Waals surface area (Å²) in [6, 6.07) is 9.57. The lowest BCUT2D eigenvalue weighted by Gasteiger charge is -2.55. The smallest absolute Gasteiger partial charge is 0.273 e. The van der Waals surface area contributed by atoms with Crippen LogP contribution in [0.3, 0.4) is 0 Å². The van der Waals surface area contributed by atoms with E-state index < -0.39 is 6.04 Å². The molecule has 1 atom stereocenters. The molecule has 6 heterocycles.